The minimum absolute atomic E-state index is 0.235. The van der Waals surface area contributed by atoms with Crippen molar-refractivity contribution in [3.63, 3.8) is 0 Å². The Bertz CT molecular complexity index is 756. The molecule has 6 heteroatoms. The minimum Gasteiger partial charge on any atom is -0.346 e. The maximum absolute atomic E-state index is 12.4. The van der Waals surface area contributed by atoms with Gasteiger partial charge in [-0.3, -0.25) is 0 Å². The van der Waals surface area contributed by atoms with Crippen LogP contribution in [0.25, 0.3) is 0 Å². The summed E-state index contributed by atoms with van der Waals surface area (Å²) >= 11 is 0. The van der Waals surface area contributed by atoms with Crippen molar-refractivity contribution in [3.05, 3.63) is 65.7 Å². The standard InChI is InChI=1S/C18H21NO4S/c20-24(21,19-11-5-8-15-6-2-1-3-7-15)17-10-4-9-16(14-17)18-22-12-13-23-18/h1-4,6-7,9-10,14,18-19H,5,8,11-13H2. The number of ether oxygens (including phenoxy) is 2. The zero-order valence-electron chi connectivity index (χ0n) is 13.4. The molecule has 0 spiro atoms. The lowest BCUT2D eigenvalue weighted by Crippen LogP contribution is -2.25. The molecule has 0 saturated carbocycles. The minimum atomic E-state index is -3.53. The summed E-state index contributed by atoms with van der Waals surface area (Å²) in [6.07, 6.45) is 1.11. The Kier molecular flexibility index (Phi) is 5.63. The lowest BCUT2D eigenvalue weighted by molar-refractivity contribution is -0.0442. The fraction of sp³-hybridized carbons (Fsp3) is 0.333. The Hall–Kier alpha value is -1.73. The maximum Gasteiger partial charge on any atom is 0.240 e. The highest BCUT2D eigenvalue weighted by Crippen LogP contribution is 2.25. The second kappa shape index (κ2) is 7.90. The van der Waals surface area contributed by atoms with Gasteiger partial charge in [0.2, 0.25) is 10.0 Å². The maximum atomic E-state index is 12.4. The summed E-state index contributed by atoms with van der Waals surface area (Å²) in [5.74, 6) is 0. The first-order valence-electron chi connectivity index (χ1n) is 8.02. The predicted molar refractivity (Wildman–Crippen MR) is 91.0 cm³/mol. The molecule has 0 bridgehead atoms. The number of nitrogens with one attached hydrogen (secondary N) is 1. The Morgan fingerprint density at radius 1 is 1.00 bits per heavy atom. The number of hydrogen-bond donors (Lipinski definition) is 1. The third kappa shape index (κ3) is 4.42. The second-order valence-electron chi connectivity index (χ2n) is 5.63. The molecule has 0 unspecified atom stereocenters. The first-order valence-corrected chi connectivity index (χ1v) is 9.50. The molecule has 24 heavy (non-hydrogen) atoms. The van der Waals surface area contributed by atoms with Gasteiger partial charge in [0.1, 0.15) is 0 Å². The summed E-state index contributed by atoms with van der Waals surface area (Å²) in [4.78, 5) is 0.235. The summed E-state index contributed by atoms with van der Waals surface area (Å²) < 4.78 is 38.3. The van der Waals surface area contributed by atoms with Gasteiger partial charge in [0.25, 0.3) is 0 Å². The van der Waals surface area contributed by atoms with Gasteiger partial charge in [-0.05, 0) is 30.5 Å². The molecule has 3 rings (SSSR count). The Balaban J connectivity index is 1.57. The van der Waals surface area contributed by atoms with Crippen LogP contribution in [0.15, 0.2) is 59.5 Å². The molecule has 2 aromatic carbocycles. The number of hydrogen-bond acceptors (Lipinski definition) is 4. The first-order chi connectivity index (χ1) is 11.6. The van der Waals surface area contributed by atoms with E-state index < -0.39 is 16.3 Å². The summed E-state index contributed by atoms with van der Waals surface area (Å²) in [6, 6.07) is 16.7. The van der Waals surface area contributed by atoms with Gasteiger partial charge >= 0.3 is 0 Å². The first kappa shape index (κ1) is 17.1. The topological polar surface area (TPSA) is 64.6 Å². The summed E-state index contributed by atoms with van der Waals surface area (Å²) in [5.41, 5.74) is 1.92. The van der Waals surface area contributed by atoms with Crippen LogP contribution in [0.3, 0.4) is 0 Å². The monoisotopic (exact) mass is 347 g/mol. The zero-order valence-corrected chi connectivity index (χ0v) is 14.2. The van der Waals surface area contributed by atoms with Gasteiger partial charge in [-0.25, -0.2) is 13.1 Å². The highest BCUT2D eigenvalue weighted by molar-refractivity contribution is 7.89. The largest absolute Gasteiger partial charge is 0.346 e. The molecule has 0 atom stereocenters. The van der Waals surface area contributed by atoms with Crippen molar-refractivity contribution in [1.29, 1.82) is 0 Å². The number of aryl methyl sites for hydroxylation is 1. The highest BCUT2D eigenvalue weighted by atomic mass is 32.2. The van der Waals surface area contributed by atoms with Crippen molar-refractivity contribution in [3.8, 4) is 0 Å². The van der Waals surface area contributed by atoms with Crippen LogP contribution in [0.2, 0.25) is 0 Å². The fourth-order valence-electron chi connectivity index (χ4n) is 2.61. The van der Waals surface area contributed by atoms with Crippen LogP contribution in [0.5, 0.6) is 0 Å². The second-order valence-corrected chi connectivity index (χ2v) is 7.40. The van der Waals surface area contributed by atoms with Crippen molar-refractivity contribution in [2.24, 2.45) is 0 Å². The van der Waals surface area contributed by atoms with Gasteiger partial charge in [0, 0.05) is 12.1 Å². The molecule has 0 amide bonds. The number of benzene rings is 2. The predicted octanol–water partition coefficient (Wildman–Crippen LogP) is 2.64. The molecule has 1 heterocycles. The lowest BCUT2D eigenvalue weighted by atomic mass is 10.1. The molecule has 1 N–H and O–H groups in total. The average molecular weight is 347 g/mol. The van der Waals surface area contributed by atoms with Crippen molar-refractivity contribution >= 4 is 10.0 Å². The van der Waals surface area contributed by atoms with E-state index in [1.165, 1.54) is 5.56 Å². The molecule has 5 nitrogen and oxygen atoms in total. The zero-order chi connectivity index (χ0) is 16.8. The van der Waals surface area contributed by atoms with Crippen LogP contribution in [-0.4, -0.2) is 28.2 Å². The van der Waals surface area contributed by atoms with E-state index in [-0.39, 0.29) is 4.90 Å². The molecule has 128 valence electrons. The van der Waals surface area contributed by atoms with Crippen molar-refractivity contribution in [1.82, 2.24) is 4.72 Å². The van der Waals surface area contributed by atoms with Gasteiger partial charge < -0.3 is 9.47 Å². The van der Waals surface area contributed by atoms with Gasteiger partial charge in [0.15, 0.2) is 6.29 Å². The van der Waals surface area contributed by atoms with Crippen LogP contribution < -0.4 is 4.72 Å². The number of sulfonamides is 1. The van der Waals surface area contributed by atoms with E-state index in [1.807, 2.05) is 36.4 Å². The van der Waals surface area contributed by atoms with Gasteiger partial charge in [0.05, 0.1) is 18.1 Å². The summed E-state index contributed by atoms with van der Waals surface area (Å²) in [6.45, 7) is 1.46. The van der Waals surface area contributed by atoms with Crippen LogP contribution in [0.1, 0.15) is 23.8 Å². The highest BCUT2D eigenvalue weighted by Gasteiger charge is 2.21. The Morgan fingerprint density at radius 2 is 1.75 bits per heavy atom. The van der Waals surface area contributed by atoms with E-state index in [9.17, 15) is 8.42 Å². The molecular weight excluding hydrogens is 326 g/mol. The molecule has 1 saturated heterocycles. The van der Waals surface area contributed by atoms with Crippen LogP contribution >= 0.6 is 0 Å². The van der Waals surface area contributed by atoms with Crippen molar-refractivity contribution < 1.29 is 17.9 Å². The van der Waals surface area contributed by atoms with Crippen LogP contribution in [0.4, 0.5) is 0 Å². The van der Waals surface area contributed by atoms with Gasteiger partial charge in [-0.2, -0.15) is 0 Å². The molecule has 0 aromatic heterocycles. The molecule has 0 radical (unpaired) electrons. The van der Waals surface area contributed by atoms with E-state index in [0.29, 0.717) is 19.8 Å². The molecular formula is C18H21NO4S. The smallest absolute Gasteiger partial charge is 0.240 e. The lowest BCUT2D eigenvalue weighted by Gasteiger charge is -2.12. The average Bonchev–Trinajstić information content (AvgIpc) is 3.15. The summed E-state index contributed by atoms with van der Waals surface area (Å²) in [5, 5.41) is 0. The van der Waals surface area contributed by atoms with E-state index in [2.05, 4.69) is 4.72 Å². The van der Waals surface area contributed by atoms with Crippen LogP contribution in [0, 0.1) is 0 Å². The van der Waals surface area contributed by atoms with Gasteiger partial charge in [-0.1, -0.05) is 42.5 Å². The van der Waals surface area contributed by atoms with Crippen molar-refractivity contribution in [2.45, 2.75) is 24.0 Å². The molecule has 2 aromatic rings. The van der Waals surface area contributed by atoms with E-state index in [0.717, 1.165) is 18.4 Å². The van der Waals surface area contributed by atoms with E-state index in [4.69, 9.17) is 9.47 Å². The van der Waals surface area contributed by atoms with Crippen molar-refractivity contribution in [2.75, 3.05) is 19.8 Å². The molecule has 1 aliphatic heterocycles. The van der Waals surface area contributed by atoms with Gasteiger partial charge in [-0.15, -0.1) is 0 Å². The fourth-order valence-corrected chi connectivity index (χ4v) is 3.73. The third-order valence-corrected chi connectivity index (χ3v) is 5.30. The SMILES string of the molecule is O=S(=O)(NCCCc1ccccc1)c1cccc(C2OCCO2)c1. The molecule has 1 aliphatic rings. The van der Waals surface area contributed by atoms with E-state index >= 15 is 0 Å². The Labute approximate surface area is 142 Å². The normalized spacial score (nSPS) is 15.7. The number of rotatable bonds is 7. The van der Waals surface area contributed by atoms with Crippen LogP contribution in [-0.2, 0) is 25.9 Å². The molecule has 1 fully saturated rings. The third-order valence-electron chi connectivity index (χ3n) is 3.84. The Morgan fingerprint density at radius 3 is 2.50 bits per heavy atom. The molecule has 0 aliphatic carbocycles. The van der Waals surface area contributed by atoms with E-state index in [1.54, 1.807) is 18.2 Å². The summed E-state index contributed by atoms with van der Waals surface area (Å²) in [7, 11) is -3.53. The quantitative estimate of drug-likeness (QED) is 0.782.